The van der Waals surface area contributed by atoms with Crippen LogP contribution in [-0.4, -0.2) is 9.97 Å². The summed E-state index contributed by atoms with van der Waals surface area (Å²) in [4.78, 5) is 16.5. The van der Waals surface area contributed by atoms with Crippen LogP contribution in [-0.2, 0) is 12.8 Å². The minimum absolute atomic E-state index is 1.00. The van der Waals surface area contributed by atoms with Crippen molar-refractivity contribution < 1.29 is 0 Å². The number of rotatable bonds is 18. The Balaban J connectivity index is 1.41. The lowest BCUT2D eigenvalue weighted by atomic mass is 10.0. The Morgan fingerprint density at radius 3 is 1.36 bits per heavy atom. The molecule has 7 heteroatoms. The number of nitrogens with zero attached hydrogens (tertiary/aromatic N) is 2. The van der Waals surface area contributed by atoms with E-state index in [1.54, 1.807) is 22.7 Å². The van der Waals surface area contributed by atoms with Crippen LogP contribution >= 0.6 is 56.7 Å². The van der Waals surface area contributed by atoms with Gasteiger partial charge in [0, 0.05) is 31.6 Å². The molecule has 6 heterocycles. The first-order chi connectivity index (χ1) is 22.3. The highest BCUT2D eigenvalue weighted by atomic mass is 32.1. The van der Waals surface area contributed by atoms with Gasteiger partial charge in [0.1, 0.15) is 11.0 Å². The van der Waals surface area contributed by atoms with Gasteiger partial charge in [-0.15, -0.1) is 34.0 Å². The molecule has 6 rings (SSSR count). The molecule has 0 aliphatic heterocycles. The second kappa shape index (κ2) is 16.6. The van der Waals surface area contributed by atoms with Gasteiger partial charge in [-0.05, 0) is 82.6 Å². The van der Waals surface area contributed by atoms with Crippen LogP contribution in [0, 0.1) is 0 Å². The van der Waals surface area contributed by atoms with Crippen LogP contribution in [0.2, 0.25) is 0 Å². The molecule has 0 atom stereocenters. The zero-order chi connectivity index (χ0) is 30.8. The van der Waals surface area contributed by atoms with Crippen molar-refractivity contribution in [3.05, 3.63) is 67.7 Å². The highest BCUT2D eigenvalue weighted by Gasteiger charge is 2.25. The second-order valence-electron chi connectivity index (χ2n) is 12.0. The minimum Gasteiger partial charge on any atom is -0.242 e. The molecule has 0 unspecified atom stereocenters. The van der Waals surface area contributed by atoms with E-state index >= 15 is 0 Å². The van der Waals surface area contributed by atoms with Crippen molar-refractivity contribution >= 4 is 67.7 Å². The maximum absolute atomic E-state index is 5.54. The zero-order valence-corrected chi connectivity index (χ0v) is 30.7. The molecule has 236 valence electrons. The molecule has 0 spiro atoms. The summed E-state index contributed by atoms with van der Waals surface area (Å²) in [5, 5.41) is 13.3. The third kappa shape index (κ3) is 7.87. The van der Waals surface area contributed by atoms with Crippen LogP contribution in [0.3, 0.4) is 0 Å². The SMILES string of the molecule is CCCCCCCCc1ccsc1-c1sc(-c2sccc2CCCCCCCC)c2nc(-c3ccsc3)c(-c3ccsc3)nc12. The summed E-state index contributed by atoms with van der Waals surface area (Å²) in [5.41, 5.74) is 9.41. The van der Waals surface area contributed by atoms with Crippen molar-refractivity contribution in [1.29, 1.82) is 0 Å². The standard InChI is InChI=1S/C38H44N2S5/c1-3-5-7-9-11-13-15-27-19-23-43-35(27)37-33-34(38(45-37)36-28(20-24-44-36)16-14-12-10-8-6-4-2)40-32(30-18-22-42-26-30)31(39-33)29-17-21-41-25-29/h17-26H,3-16H2,1-2H3. The van der Waals surface area contributed by atoms with Gasteiger partial charge in [0.05, 0.1) is 21.1 Å². The first kappa shape index (κ1) is 32.8. The number of aryl methyl sites for hydroxylation is 2. The number of hydrogen-bond acceptors (Lipinski definition) is 7. The van der Waals surface area contributed by atoms with Gasteiger partial charge in [-0.25, -0.2) is 9.97 Å². The van der Waals surface area contributed by atoms with Gasteiger partial charge in [-0.2, -0.15) is 22.7 Å². The topological polar surface area (TPSA) is 25.8 Å². The maximum Gasteiger partial charge on any atom is 0.110 e. The van der Waals surface area contributed by atoms with Gasteiger partial charge in [-0.3, -0.25) is 0 Å². The summed E-state index contributed by atoms with van der Waals surface area (Å²) in [5.74, 6) is 0. The lowest BCUT2D eigenvalue weighted by molar-refractivity contribution is 0.608. The van der Waals surface area contributed by atoms with E-state index in [-0.39, 0.29) is 0 Å². The Labute approximate surface area is 289 Å². The van der Waals surface area contributed by atoms with Crippen LogP contribution in [0.25, 0.3) is 53.1 Å². The maximum atomic E-state index is 5.54. The van der Waals surface area contributed by atoms with Crippen LogP contribution < -0.4 is 0 Å². The molecule has 0 aliphatic carbocycles. The predicted molar refractivity (Wildman–Crippen MR) is 205 cm³/mol. The predicted octanol–water partition coefficient (Wildman–Crippen LogP) is 14.4. The molecule has 0 N–H and O–H groups in total. The molecular weight excluding hydrogens is 645 g/mol. The summed E-state index contributed by atoms with van der Waals surface area (Å²) < 4.78 is 0. The highest BCUT2D eigenvalue weighted by molar-refractivity contribution is 7.27. The van der Waals surface area contributed by atoms with Crippen LogP contribution in [0.4, 0.5) is 0 Å². The van der Waals surface area contributed by atoms with Gasteiger partial charge in [0.25, 0.3) is 0 Å². The summed E-state index contributed by atoms with van der Waals surface area (Å²) in [6, 6.07) is 9.10. The fourth-order valence-corrected chi connectivity index (χ4v) is 10.9. The van der Waals surface area contributed by atoms with Crippen molar-refractivity contribution in [3.63, 3.8) is 0 Å². The molecule has 6 aromatic rings. The molecule has 45 heavy (non-hydrogen) atoms. The third-order valence-electron chi connectivity index (χ3n) is 8.62. The van der Waals surface area contributed by atoms with Gasteiger partial charge >= 0.3 is 0 Å². The van der Waals surface area contributed by atoms with Crippen LogP contribution in [0.15, 0.2) is 56.5 Å². The molecule has 0 aromatic carbocycles. The average molecular weight is 689 g/mol. The minimum atomic E-state index is 1.00. The lowest BCUT2D eigenvalue weighted by Gasteiger charge is -2.08. The fraction of sp³-hybridized carbons (Fsp3) is 0.421. The molecule has 0 amide bonds. The average Bonchev–Trinajstić information content (AvgIpc) is 3.89. The van der Waals surface area contributed by atoms with Gasteiger partial charge in [0.15, 0.2) is 0 Å². The number of thiophene rings is 5. The summed E-state index contributed by atoms with van der Waals surface area (Å²) in [6.07, 6.45) is 18.2. The van der Waals surface area contributed by atoms with Crippen LogP contribution in [0.1, 0.15) is 102 Å². The Morgan fingerprint density at radius 1 is 0.489 bits per heavy atom. The van der Waals surface area contributed by atoms with Crippen molar-refractivity contribution in [2.45, 2.75) is 104 Å². The Kier molecular flexibility index (Phi) is 12.1. The largest absolute Gasteiger partial charge is 0.242 e. The van der Waals surface area contributed by atoms with E-state index in [0.29, 0.717) is 0 Å². The first-order valence-electron chi connectivity index (χ1n) is 16.8. The van der Waals surface area contributed by atoms with Crippen molar-refractivity contribution in [2.75, 3.05) is 0 Å². The quantitative estimate of drug-likeness (QED) is 0.0840. The van der Waals surface area contributed by atoms with Crippen molar-refractivity contribution in [1.82, 2.24) is 9.97 Å². The van der Waals surface area contributed by atoms with Crippen molar-refractivity contribution in [3.8, 4) is 42.0 Å². The normalized spacial score (nSPS) is 11.7. The number of unbranched alkanes of at least 4 members (excludes halogenated alkanes) is 10. The number of hydrogen-bond donors (Lipinski definition) is 0. The summed E-state index contributed by atoms with van der Waals surface area (Å²) in [6.45, 7) is 4.59. The molecule has 6 aromatic heterocycles. The first-order valence-corrected chi connectivity index (χ1v) is 21.3. The third-order valence-corrected chi connectivity index (χ3v) is 13.4. The molecule has 0 radical (unpaired) electrons. The molecule has 2 nitrogen and oxygen atoms in total. The van der Waals surface area contributed by atoms with Crippen molar-refractivity contribution in [2.24, 2.45) is 0 Å². The van der Waals surface area contributed by atoms with Gasteiger partial charge < -0.3 is 0 Å². The Morgan fingerprint density at radius 2 is 0.933 bits per heavy atom. The summed E-state index contributed by atoms with van der Waals surface area (Å²) in [7, 11) is 0. The molecule has 0 saturated carbocycles. The Hall–Kier alpha value is -2.16. The number of fused-ring (bicyclic) bond motifs is 1. The molecule has 0 fully saturated rings. The van der Waals surface area contributed by atoms with E-state index in [2.05, 4.69) is 70.4 Å². The Bertz CT molecular complexity index is 1610. The van der Waals surface area contributed by atoms with Gasteiger partial charge in [-0.1, -0.05) is 78.1 Å². The van der Waals surface area contributed by atoms with E-state index in [1.807, 2.05) is 34.0 Å². The number of aromatic nitrogens is 2. The van der Waals surface area contributed by atoms with Crippen LogP contribution in [0.5, 0.6) is 0 Å². The zero-order valence-electron chi connectivity index (χ0n) is 26.6. The smallest absolute Gasteiger partial charge is 0.110 e. The monoisotopic (exact) mass is 688 g/mol. The van der Waals surface area contributed by atoms with E-state index in [4.69, 9.17) is 9.97 Å². The highest BCUT2D eigenvalue weighted by Crippen LogP contribution is 2.49. The lowest BCUT2D eigenvalue weighted by Crippen LogP contribution is -1.94. The molecule has 0 saturated heterocycles. The second-order valence-corrected chi connectivity index (χ2v) is 16.4. The van der Waals surface area contributed by atoms with E-state index in [0.717, 1.165) is 46.4 Å². The molecule has 0 bridgehead atoms. The fourth-order valence-electron chi connectivity index (χ4n) is 6.11. The molecular formula is C38H44N2S5. The van der Waals surface area contributed by atoms with E-state index in [1.165, 1.54) is 108 Å². The summed E-state index contributed by atoms with van der Waals surface area (Å²) >= 11 is 9.15. The van der Waals surface area contributed by atoms with Gasteiger partial charge in [0.2, 0.25) is 0 Å². The molecule has 0 aliphatic rings. The van der Waals surface area contributed by atoms with E-state index < -0.39 is 0 Å². The van der Waals surface area contributed by atoms with E-state index in [9.17, 15) is 0 Å².